The molecule has 6 heteroatoms. The van der Waals surface area contributed by atoms with E-state index < -0.39 is 0 Å². The average molecular weight is 408 g/mol. The van der Waals surface area contributed by atoms with E-state index in [1.807, 2.05) is 18.2 Å². The van der Waals surface area contributed by atoms with E-state index in [9.17, 15) is 0 Å². The highest BCUT2D eigenvalue weighted by Crippen LogP contribution is 2.30. The summed E-state index contributed by atoms with van der Waals surface area (Å²) in [5.41, 5.74) is 0.966. The van der Waals surface area contributed by atoms with Crippen molar-refractivity contribution >= 4 is 43.5 Å². The van der Waals surface area contributed by atoms with Crippen LogP contribution in [0.25, 0.3) is 11.4 Å². The molecule has 0 radical (unpaired) electrons. The maximum Gasteiger partial charge on any atom is 0.165 e. The third kappa shape index (κ3) is 3.38. The van der Waals surface area contributed by atoms with Crippen LogP contribution in [0.5, 0.6) is 0 Å². The maximum atomic E-state index is 6.08. The number of alkyl halides is 1. The van der Waals surface area contributed by atoms with Crippen molar-refractivity contribution in [2.75, 3.05) is 0 Å². The summed E-state index contributed by atoms with van der Waals surface area (Å²) in [5.74, 6) is 2.29. The third-order valence-electron chi connectivity index (χ3n) is 2.66. The molecule has 2 aromatic rings. The molecule has 1 aromatic heterocycles. The van der Waals surface area contributed by atoms with E-state index >= 15 is 0 Å². The van der Waals surface area contributed by atoms with Gasteiger partial charge in [-0.1, -0.05) is 57.3 Å². The van der Waals surface area contributed by atoms with Gasteiger partial charge in [0.25, 0.3) is 0 Å². The lowest BCUT2D eigenvalue weighted by atomic mass is 10.2. The van der Waals surface area contributed by atoms with Crippen molar-refractivity contribution < 1.29 is 0 Å². The summed E-state index contributed by atoms with van der Waals surface area (Å²) in [6, 6.07) is 5.69. The van der Waals surface area contributed by atoms with Crippen molar-refractivity contribution in [3.05, 3.63) is 33.5 Å². The summed E-state index contributed by atoms with van der Waals surface area (Å²) in [7, 11) is 0. The minimum atomic E-state index is 0.519. The van der Waals surface area contributed by atoms with Gasteiger partial charge in [0.1, 0.15) is 5.82 Å². The zero-order valence-corrected chi connectivity index (χ0v) is 14.6. The SMILES string of the molecule is CC(C)Cn1c(CBr)nnc1-c1cc(Cl)ccc1Br. The number of hydrogen-bond donors (Lipinski definition) is 0. The van der Waals surface area contributed by atoms with Crippen LogP contribution in [-0.4, -0.2) is 14.8 Å². The van der Waals surface area contributed by atoms with Gasteiger partial charge in [-0.05, 0) is 24.1 Å². The molecule has 0 saturated heterocycles. The summed E-state index contributed by atoms with van der Waals surface area (Å²) in [4.78, 5) is 0. The molecule has 1 aromatic carbocycles. The Morgan fingerprint density at radius 1 is 1.32 bits per heavy atom. The van der Waals surface area contributed by atoms with Gasteiger partial charge >= 0.3 is 0 Å². The van der Waals surface area contributed by atoms with Crippen molar-refractivity contribution in [3.8, 4) is 11.4 Å². The molecule has 19 heavy (non-hydrogen) atoms. The predicted octanol–water partition coefficient (Wildman–Crippen LogP) is 4.91. The quantitative estimate of drug-likeness (QED) is 0.674. The monoisotopic (exact) mass is 405 g/mol. The largest absolute Gasteiger partial charge is 0.310 e. The first kappa shape index (κ1) is 15.0. The number of hydrogen-bond acceptors (Lipinski definition) is 2. The zero-order chi connectivity index (χ0) is 14.0. The van der Waals surface area contributed by atoms with Gasteiger partial charge in [0.2, 0.25) is 0 Å². The fraction of sp³-hybridized carbons (Fsp3) is 0.385. The number of rotatable bonds is 4. The molecule has 0 aliphatic carbocycles. The van der Waals surface area contributed by atoms with E-state index in [0.29, 0.717) is 16.3 Å². The van der Waals surface area contributed by atoms with Crippen LogP contribution in [0.3, 0.4) is 0 Å². The normalized spacial score (nSPS) is 11.3. The Morgan fingerprint density at radius 3 is 2.68 bits per heavy atom. The Kier molecular flexibility index (Phi) is 5.03. The Bertz CT molecular complexity index is 581. The molecule has 0 bridgehead atoms. The standard InChI is InChI=1S/C13H14Br2ClN3/c1-8(2)7-19-12(6-14)17-18-13(19)10-5-9(16)3-4-11(10)15/h3-5,8H,6-7H2,1-2H3. The Morgan fingerprint density at radius 2 is 2.05 bits per heavy atom. The second kappa shape index (κ2) is 6.37. The fourth-order valence-corrected chi connectivity index (χ4v) is 2.87. The van der Waals surface area contributed by atoms with E-state index in [-0.39, 0.29) is 0 Å². The summed E-state index contributed by atoms with van der Waals surface area (Å²) in [5, 5.41) is 9.92. The van der Waals surface area contributed by atoms with E-state index in [1.54, 1.807) is 0 Å². The van der Waals surface area contributed by atoms with Gasteiger partial charge in [-0.15, -0.1) is 10.2 Å². The highest BCUT2D eigenvalue weighted by molar-refractivity contribution is 9.10. The van der Waals surface area contributed by atoms with Crippen molar-refractivity contribution in [1.29, 1.82) is 0 Å². The second-order valence-electron chi connectivity index (χ2n) is 4.70. The van der Waals surface area contributed by atoms with Crippen LogP contribution in [-0.2, 0) is 11.9 Å². The predicted molar refractivity (Wildman–Crippen MR) is 85.6 cm³/mol. The molecule has 0 spiro atoms. The summed E-state index contributed by atoms with van der Waals surface area (Å²) < 4.78 is 3.10. The van der Waals surface area contributed by atoms with Crippen LogP contribution < -0.4 is 0 Å². The van der Waals surface area contributed by atoms with Crippen LogP contribution in [0.1, 0.15) is 19.7 Å². The number of halogens is 3. The van der Waals surface area contributed by atoms with Crippen LogP contribution in [0.4, 0.5) is 0 Å². The molecule has 0 aliphatic rings. The third-order valence-corrected chi connectivity index (χ3v) is 4.09. The van der Waals surface area contributed by atoms with Gasteiger partial charge in [0.05, 0.1) is 5.33 Å². The number of benzene rings is 1. The van der Waals surface area contributed by atoms with Crippen molar-refractivity contribution in [2.45, 2.75) is 25.7 Å². The number of nitrogens with zero attached hydrogens (tertiary/aromatic N) is 3. The molecule has 0 N–H and O–H groups in total. The van der Waals surface area contributed by atoms with E-state index in [1.165, 1.54) is 0 Å². The lowest BCUT2D eigenvalue weighted by Gasteiger charge is -2.12. The molecule has 0 unspecified atom stereocenters. The lowest BCUT2D eigenvalue weighted by Crippen LogP contribution is -2.09. The first-order valence-electron chi connectivity index (χ1n) is 5.96. The number of aromatic nitrogens is 3. The maximum absolute atomic E-state index is 6.08. The van der Waals surface area contributed by atoms with Crippen molar-refractivity contribution in [2.24, 2.45) is 5.92 Å². The molecule has 0 amide bonds. The fourth-order valence-electron chi connectivity index (χ4n) is 1.86. The second-order valence-corrected chi connectivity index (χ2v) is 6.55. The van der Waals surface area contributed by atoms with Crippen molar-refractivity contribution in [3.63, 3.8) is 0 Å². The minimum Gasteiger partial charge on any atom is -0.310 e. The molecule has 1 heterocycles. The van der Waals surface area contributed by atoms with E-state index in [4.69, 9.17) is 11.6 Å². The molecule has 0 aliphatic heterocycles. The summed E-state index contributed by atoms with van der Waals surface area (Å²) in [6.45, 7) is 5.23. The zero-order valence-electron chi connectivity index (χ0n) is 10.7. The van der Waals surface area contributed by atoms with Crippen LogP contribution in [0, 0.1) is 5.92 Å². The average Bonchev–Trinajstić information content (AvgIpc) is 2.74. The van der Waals surface area contributed by atoms with Gasteiger partial charge in [-0.25, -0.2) is 0 Å². The van der Waals surface area contributed by atoms with Gasteiger partial charge in [-0.3, -0.25) is 0 Å². The summed E-state index contributed by atoms with van der Waals surface area (Å²) in [6.07, 6.45) is 0. The Hall–Kier alpha value is -0.390. The van der Waals surface area contributed by atoms with Gasteiger partial charge in [0, 0.05) is 21.6 Å². The highest BCUT2D eigenvalue weighted by Gasteiger charge is 2.16. The first-order chi connectivity index (χ1) is 9.02. The molecular formula is C13H14Br2ClN3. The molecular weight excluding hydrogens is 393 g/mol. The van der Waals surface area contributed by atoms with Crippen LogP contribution in [0.15, 0.2) is 22.7 Å². The Labute approximate surface area is 134 Å². The van der Waals surface area contributed by atoms with Crippen molar-refractivity contribution in [1.82, 2.24) is 14.8 Å². The van der Waals surface area contributed by atoms with Gasteiger partial charge in [0.15, 0.2) is 5.82 Å². The lowest BCUT2D eigenvalue weighted by molar-refractivity contribution is 0.516. The minimum absolute atomic E-state index is 0.519. The molecule has 0 fully saturated rings. The summed E-state index contributed by atoms with van der Waals surface area (Å²) >= 11 is 13.1. The topological polar surface area (TPSA) is 30.7 Å². The first-order valence-corrected chi connectivity index (χ1v) is 8.25. The molecule has 0 saturated carbocycles. The smallest absolute Gasteiger partial charge is 0.165 e. The molecule has 102 valence electrons. The molecule has 2 rings (SSSR count). The van der Waals surface area contributed by atoms with Gasteiger partial charge < -0.3 is 4.57 Å². The molecule has 0 atom stereocenters. The van der Waals surface area contributed by atoms with E-state index in [0.717, 1.165) is 28.2 Å². The Balaban J connectivity index is 2.55. The van der Waals surface area contributed by atoms with E-state index in [2.05, 4.69) is 60.5 Å². The highest BCUT2D eigenvalue weighted by atomic mass is 79.9. The van der Waals surface area contributed by atoms with Crippen LogP contribution >= 0.6 is 43.5 Å². The van der Waals surface area contributed by atoms with Crippen LogP contribution in [0.2, 0.25) is 5.02 Å². The molecule has 3 nitrogen and oxygen atoms in total. The van der Waals surface area contributed by atoms with Gasteiger partial charge in [-0.2, -0.15) is 0 Å².